The quantitative estimate of drug-likeness (QED) is 0.525. The first kappa shape index (κ1) is 24.0. The molecule has 2 fully saturated rings. The van der Waals surface area contributed by atoms with Gasteiger partial charge in [-0.2, -0.15) is 9.97 Å². The molecule has 0 radical (unpaired) electrons. The lowest BCUT2D eigenvalue weighted by atomic mass is 10.0. The first-order chi connectivity index (χ1) is 18.2. The Hall–Kier alpha value is -3.34. The second kappa shape index (κ2) is 10.6. The monoisotopic (exact) mass is 496 g/mol. The number of nitrogens with one attached hydrogen (secondary N) is 1. The first-order valence-corrected chi connectivity index (χ1v) is 13.6. The number of likely N-dealkylation sites (N-methyl/N-ethyl adjacent to an activating group) is 1. The van der Waals surface area contributed by atoms with Gasteiger partial charge in [0, 0.05) is 61.3 Å². The van der Waals surface area contributed by atoms with Crippen LogP contribution in [0.25, 0.3) is 10.8 Å². The minimum Gasteiger partial charge on any atom is -0.462 e. The number of likely N-dealkylation sites (tertiary alicyclic amines) is 1. The van der Waals surface area contributed by atoms with Crippen LogP contribution in [0.2, 0.25) is 0 Å². The average molecular weight is 497 g/mol. The Labute approximate surface area is 219 Å². The van der Waals surface area contributed by atoms with Crippen LogP contribution in [0, 0.1) is 12.3 Å². The fourth-order valence-electron chi connectivity index (χ4n) is 6.06. The van der Waals surface area contributed by atoms with E-state index in [4.69, 9.17) is 21.1 Å². The molecule has 0 saturated carbocycles. The minimum atomic E-state index is 0.275. The number of rotatable bonds is 6. The molecule has 1 unspecified atom stereocenters. The maximum absolute atomic E-state index is 6.29. The van der Waals surface area contributed by atoms with Crippen molar-refractivity contribution in [3.05, 3.63) is 53.7 Å². The molecule has 0 bridgehead atoms. The zero-order chi connectivity index (χ0) is 25.2. The van der Waals surface area contributed by atoms with Gasteiger partial charge in [-0.1, -0.05) is 36.4 Å². The fraction of sp³-hybridized carbons (Fsp3) is 0.467. The fourth-order valence-corrected chi connectivity index (χ4v) is 6.06. The molecule has 4 heterocycles. The van der Waals surface area contributed by atoms with Crippen LogP contribution in [-0.2, 0) is 13.0 Å². The van der Waals surface area contributed by atoms with Gasteiger partial charge in [-0.3, -0.25) is 0 Å². The molecule has 3 aliphatic heterocycles. The number of hydrogen-bond donors (Lipinski definition) is 1. The molecule has 0 spiro atoms. The molecule has 0 aliphatic carbocycles. The highest BCUT2D eigenvalue weighted by Crippen LogP contribution is 2.34. The standard InChI is InChI=1S/C30H36N6O/c1-3-8-23-19-36(18-15-31-23)29-26-14-17-35(28-13-6-10-22-9-4-5-12-25(22)28)20-27(26)32-30(33-29)37-21-24-11-7-16-34(24)2/h1,4-6,9-10,12-13,23-24,31H,7-8,11,14-21H2,2H3/t23?,24-/m0/s1. The van der Waals surface area contributed by atoms with Crippen LogP contribution in [0.1, 0.15) is 30.5 Å². The lowest BCUT2D eigenvalue weighted by molar-refractivity contribution is 0.187. The molecule has 3 aromatic rings. The summed E-state index contributed by atoms with van der Waals surface area (Å²) in [6, 6.07) is 16.4. The smallest absolute Gasteiger partial charge is 0.318 e. The molecular weight excluding hydrogens is 460 g/mol. The van der Waals surface area contributed by atoms with Gasteiger partial charge in [0.25, 0.3) is 0 Å². The van der Waals surface area contributed by atoms with E-state index in [1.807, 2.05) is 0 Å². The molecule has 6 rings (SSSR count). The van der Waals surface area contributed by atoms with Crippen molar-refractivity contribution in [3.63, 3.8) is 0 Å². The van der Waals surface area contributed by atoms with Crippen molar-refractivity contribution in [2.24, 2.45) is 0 Å². The Morgan fingerprint density at radius 3 is 2.84 bits per heavy atom. The second-order valence-electron chi connectivity index (χ2n) is 10.5. The zero-order valence-electron chi connectivity index (χ0n) is 21.7. The Balaban J connectivity index is 1.32. The second-order valence-corrected chi connectivity index (χ2v) is 10.5. The third-order valence-electron chi connectivity index (χ3n) is 8.13. The van der Waals surface area contributed by atoms with Crippen molar-refractivity contribution in [2.45, 2.75) is 44.3 Å². The van der Waals surface area contributed by atoms with Crippen molar-refractivity contribution >= 4 is 22.3 Å². The number of ether oxygens (including phenoxy) is 1. The molecule has 1 N–H and O–H groups in total. The first-order valence-electron chi connectivity index (χ1n) is 13.6. The molecular formula is C30H36N6O. The molecule has 2 atom stereocenters. The van der Waals surface area contributed by atoms with Crippen molar-refractivity contribution in [1.29, 1.82) is 0 Å². The van der Waals surface area contributed by atoms with Crippen LogP contribution in [0.5, 0.6) is 6.01 Å². The van der Waals surface area contributed by atoms with E-state index in [0.29, 0.717) is 18.7 Å². The van der Waals surface area contributed by atoms with E-state index in [9.17, 15) is 0 Å². The Kier molecular flexibility index (Phi) is 6.86. The molecule has 2 aromatic carbocycles. The van der Waals surface area contributed by atoms with E-state index < -0.39 is 0 Å². The molecule has 37 heavy (non-hydrogen) atoms. The van der Waals surface area contributed by atoms with E-state index in [1.54, 1.807) is 0 Å². The largest absolute Gasteiger partial charge is 0.462 e. The van der Waals surface area contributed by atoms with Gasteiger partial charge in [0.1, 0.15) is 12.4 Å². The normalized spacial score (nSPS) is 22.2. The van der Waals surface area contributed by atoms with Crippen LogP contribution in [0.4, 0.5) is 11.5 Å². The molecule has 1 aromatic heterocycles. The number of nitrogens with zero attached hydrogens (tertiary/aromatic N) is 5. The van der Waals surface area contributed by atoms with Crippen LogP contribution in [-0.4, -0.2) is 73.3 Å². The summed E-state index contributed by atoms with van der Waals surface area (Å²) in [5.74, 6) is 3.85. The van der Waals surface area contributed by atoms with Gasteiger partial charge >= 0.3 is 6.01 Å². The summed E-state index contributed by atoms with van der Waals surface area (Å²) >= 11 is 0. The van der Waals surface area contributed by atoms with Gasteiger partial charge in [0.15, 0.2) is 0 Å². The molecule has 2 saturated heterocycles. The van der Waals surface area contributed by atoms with Gasteiger partial charge in [-0.15, -0.1) is 12.3 Å². The predicted molar refractivity (Wildman–Crippen MR) is 149 cm³/mol. The number of terminal acetylenes is 1. The Bertz CT molecular complexity index is 1300. The lowest BCUT2D eigenvalue weighted by Crippen LogP contribution is -2.51. The molecule has 3 aliphatic rings. The SMILES string of the molecule is C#CCC1CN(c2nc(OC[C@@H]3CCCN3C)nc3c2CCN(c2cccc4ccccc24)C3)CCN1. The summed E-state index contributed by atoms with van der Waals surface area (Å²) in [7, 11) is 2.18. The summed E-state index contributed by atoms with van der Waals surface area (Å²) in [5.41, 5.74) is 3.59. The van der Waals surface area contributed by atoms with E-state index >= 15 is 0 Å². The number of aromatic nitrogens is 2. The molecule has 7 heteroatoms. The third-order valence-corrected chi connectivity index (χ3v) is 8.13. The number of piperazine rings is 1. The summed E-state index contributed by atoms with van der Waals surface area (Å²) < 4.78 is 6.29. The topological polar surface area (TPSA) is 56.8 Å². The van der Waals surface area contributed by atoms with Crippen molar-refractivity contribution in [1.82, 2.24) is 20.2 Å². The van der Waals surface area contributed by atoms with Gasteiger partial charge in [0.05, 0.1) is 12.2 Å². The number of anilines is 2. The van der Waals surface area contributed by atoms with Crippen LogP contribution < -0.4 is 19.9 Å². The summed E-state index contributed by atoms with van der Waals surface area (Å²) in [6.07, 6.45) is 9.64. The van der Waals surface area contributed by atoms with Crippen LogP contribution in [0.15, 0.2) is 42.5 Å². The van der Waals surface area contributed by atoms with Crippen molar-refractivity contribution in [3.8, 4) is 18.4 Å². The summed E-state index contributed by atoms with van der Waals surface area (Å²) in [6.45, 7) is 6.09. The molecule has 192 valence electrons. The summed E-state index contributed by atoms with van der Waals surface area (Å²) in [4.78, 5) is 17.2. The average Bonchev–Trinajstić information content (AvgIpc) is 3.35. The zero-order valence-corrected chi connectivity index (χ0v) is 21.7. The highest BCUT2D eigenvalue weighted by molar-refractivity contribution is 5.94. The molecule has 7 nitrogen and oxygen atoms in total. The van der Waals surface area contributed by atoms with E-state index in [-0.39, 0.29) is 6.04 Å². The maximum Gasteiger partial charge on any atom is 0.318 e. The molecule has 0 amide bonds. The lowest BCUT2D eigenvalue weighted by Gasteiger charge is -2.37. The van der Waals surface area contributed by atoms with E-state index in [1.165, 1.54) is 28.4 Å². The predicted octanol–water partition coefficient (Wildman–Crippen LogP) is 3.47. The van der Waals surface area contributed by atoms with E-state index in [2.05, 4.69) is 75.4 Å². The van der Waals surface area contributed by atoms with Crippen LogP contribution in [0.3, 0.4) is 0 Å². The number of benzene rings is 2. The number of fused-ring (bicyclic) bond motifs is 2. The van der Waals surface area contributed by atoms with Crippen LogP contribution >= 0.6 is 0 Å². The number of hydrogen-bond acceptors (Lipinski definition) is 7. The highest BCUT2D eigenvalue weighted by atomic mass is 16.5. The summed E-state index contributed by atoms with van der Waals surface area (Å²) in [5, 5.41) is 6.10. The van der Waals surface area contributed by atoms with Crippen molar-refractivity contribution < 1.29 is 4.74 Å². The maximum atomic E-state index is 6.29. The minimum absolute atomic E-state index is 0.275. The highest BCUT2D eigenvalue weighted by Gasteiger charge is 2.29. The van der Waals surface area contributed by atoms with Gasteiger partial charge in [-0.25, -0.2) is 0 Å². The Morgan fingerprint density at radius 2 is 1.97 bits per heavy atom. The third kappa shape index (κ3) is 4.96. The van der Waals surface area contributed by atoms with E-state index in [0.717, 1.165) is 70.0 Å². The van der Waals surface area contributed by atoms with Crippen molar-refractivity contribution in [2.75, 3.05) is 56.2 Å². The Morgan fingerprint density at radius 1 is 1.08 bits per heavy atom. The van der Waals surface area contributed by atoms with Gasteiger partial charge < -0.3 is 24.8 Å². The van der Waals surface area contributed by atoms with Gasteiger partial charge in [0.2, 0.25) is 0 Å². The van der Waals surface area contributed by atoms with Gasteiger partial charge in [-0.05, 0) is 44.3 Å².